The summed E-state index contributed by atoms with van der Waals surface area (Å²) in [7, 11) is 3.39. The molecule has 17 heavy (non-hydrogen) atoms. The van der Waals surface area contributed by atoms with Crippen LogP contribution in [0.3, 0.4) is 0 Å². The molecule has 0 aliphatic carbocycles. The predicted octanol–water partition coefficient (Wildman–Crippen LogP) is 2.91. The lowest BCUT2D eigenvalue weighted by Crippen LogP contribution is -2.53. The molecule has 0 saturated carbocycles. The fourth-order valence-corrected chi connectivity index (χ4v) is 2.39. The molecule has 0 radical (unpaired) electrons. The van der Waals surface area contributed by atoms with Crippen LogP contribution in [0.2, 0.25) is 0 Å². The molecular weight excluding hydrogens is 220 g/mol. The molecular formula is C13H26O4. The topological polar surface area (TPSA) is 36.9 Å². The Morgan fingerprint density at radius 3 is 2.47 bits per heavy atom. The van der Waals surface area contributed by atoms with Crippen molar-refractivity contribution in [3.8, 4) is 0 Å². The molecule has 4 heteroatoms. The fraction of sp³-hybridized carbons (Fsp3) is 1.00. The van der Waals surface area contributed by atoms with Crippen molar-refractivity contribution in [3.63, 3.8) is 0 Å². The van der Waals surface area contributed by atoms with Crippen LogP contribution >= 0.6 is 0 Å². The van der Waals surface area contributed by atoms with Gasteiger partial charge in [-0.15, -0.1) is 0 Å². The van der Waals surface area contributed by atoms with Crippen LogP contribution in [0.25, 0.3) is 0 Å². The average Bonchev–Trinajstić information content (AvgIpc) is 2.29. The number of hydrogen-bond donors (Lipinski definition) is 0. The van der Waals surface area contributed by atoms with E-state index in [-0.39, 0.29) is 11.5 Å². The summed E-state index contributed by atoms with van der Waals surface area (Å²) < 4.78 is 10.9. The number of hydrogen-bond acceptors (Lipinski definition) is 4. The summed E-state index contributed by atoms with van der Waals surface area (Å²) in [6.07, 6.45) is 3.87. The lowest BCUT2D eigenvalue weighted by atomic mass is 9.84. The van der Waals surface area contributed by atoms with Gasteiger partial charge in [-0.3, -0.25) is 0 Å². The standard InChI is InChI=1S/C13H26O4/c1-6-7-8-13(15-5)11(10-14-4)9-12(2,3)16-17-13/h11H,6-10H2,1-5H3/t11-,13-/m1/s1. The first-order chi connectivity index (χ1) is 7.99. The van der Waals surface area contributed by atoms with Crippen LogP contribution in [0, 0.1) is 5.92 Å². The number of ether oxygens (including phenoxy) is 2. The molecule has 0 amide bonds. The molecule has 0 aromatic carbocycles. The zero-order valence-corrected chi connectivity index (χ0v) is 11.7. The molecule has 0 unspecified atom stereocenters. The molecule has 1 rings (SSSR count). The average molecular weight is 246 g/mol. The van der Waals surface area contributed by atoms with E-state index in [9.17, 15) is 0 Å². The molecule has 1 saturated heterocycles. The van der Waals surface area contributed by atoms with Crippen LogP contribution in [0.15, 0.2) is 0 Å². The first-order valence-electron chi connectivity index (χ1n) is 6.40. The van der Waals surface area contributed by atoms with Crippen molar-refractivity contribution in [2.45, 2.75) is 57.8 Å². The molecule has 4 nitrogen and oxygen atoms in total. The number of unbranched alkanes of at least 4 members (excludes halogenated alkanes) is 1. The third-order valence-corrected chi connectivity index (χ3v) is 3.36. The minimum Gasteiger partial charge on any atom is -0.384 e. The first kappa shape index (κ1) is 14.9. The van der Waals surface area contributed by atoms with Gasteiger partial charge in [0.15, 0.2) is 0 Å². The van der Waals surface area contributed by atoms with Gasteiger partial charge in [0, 0.05) is 26.6 Å². The van der Waals surface area contributed by atoms with Crippen molar-refractivity contribution >= 4 is 0 Å². The van der Waals surface area contributed by atoms with Gasteiger partial charge in [0.2, 0.25) is 5.79 Å². The minimum absolute atomic E-state index is 0.202. The Morgan fingerprint density at radius 2 is 1.94 bits per heavy atom. The predicted molar refractivity (Wildman–Crippen MR) is 65.5 cm³/mol. The summed E-state index contributed by atoms with van der Waals surface area (Å²) in [5, 5.41) is 0. The minimum atomic E-state index is -0.651. The second-order valence-electron chi connectivity index (χ2n) is 5.40. The maximum atomic E-state index is 5.61. The molecule has 0 N–H and O–H groups in total. The Hall–Kier alpha value is -0.160. The highest BCUT2D eigenvalue weighted by molar-refractivity contribution is 4.87. The van der Waals surface area contributed by atoms with Crippen molar-refractivity contribution in [3.05, 3.63) is 0 Å². The number of methoxy groups -OCH3 is 2. The van der Waals surface area contributed by atoms with Crippen LogP contribution in [-0.4, -0.2) is 32.2 Å². The highest BCUT2D eigenvalue weighted by Crippen LogP contribution is 2.41. The molecule has 102 valence electrons. The molecule has 0 aromatic rings. The van der Waals surface area contributed by atoms with E-state index in [1.807, 2.05) is 13.8 Å². The monoisotopic (exact) mass is 246 g/mol. The summed E-state index contributed by atoms with van der Waals surface area (Å²) in [5.41, 5.74) is -0.280. The van der Waals surface area contributed by atoms with Gasteiger partial charge in [-0.2, -0.15) is 0 Å². The molecule has 1 aliphatic heterocycles. The van der Waals surface area contributed by atoms with Crippen LogP contribution in [0.4, 0.5) is 0 Å². The van der Waals surface area contributed by atoms with E-state index in [2.05, 4.69) is 6.92 Å². The first-order valence-corrected chi connectivity index (χ1v) is 6.40. The maximum Gasteiger partial charge on any atom is 0.206 e. The molecule has 1 heterocycles. The second kappa shape index (κ2) is 6.14. The van der Waals surface area contributed by atoms with Crippen molar-refractivity contribution in [2.75, 3.05) is 20.8 Å². The SMILES string of the molecule is CCCC[C@@]1(OC)OOC(C)(C)C[C@@H]1COC. The Balaban J connectivity index is 2.77. The lowest BCUT2D eigenvalue weighted by molar-refractivity contribution is -0.502. The van der Waals surface area contributed by atoms with Gasteiger partial charge < -0.3 is 9.47 Å². The maximum absolute atomic E-state index is 5.61. The summed E-state index contributed by atoms with van der Waals surface area (Å²) in [5.74, 6) is -0.450. The molecule has 0 spiro atoms. The van der Waals surface area contributed by atoms with Crippen LogP contribution in [-0.2, 0) is 19.2 Å². The van der Waals surface area contributed by atoms with Gasteiger partial charge in [0.1, 0.15) is 0 Å². The Labute approximate surface area is 104 Å². The summed E-state index contributed by atoms with van der Waals surface area (Å²) in [6, 6.07) is 0. The lowest BCUT2D eigenvalue weighted by Gasteiger charge is -2.46. The third kappa shape index (κ3) is 3.65. The Kier molecular flexibility index (Phi) is 5.38. The molecule has 1 fully saturated rings. The van der Waals surface area contributed by atoms with E-state index in [0.29, 0.717) is 6.61 Å². The molecule has 1 aliphatic rings. The van der Waals surface area contributed by atoms with E-state index in [4.69, 9.17) is 19.2 Å². The van der Waals surface area contributed by atoms with Crippen LogP contribution in [0.1, 0.15) is 46.5 Å². The zero-order valence-electron chi connectivity index (χ0n) is 11.7. The molecule has 2 atom stereocenters. The van der Waals surface area contributed by atoms with Crippen molar-refractivity contribution in [1.82, 2.24) is 0 Å². The van der Waals surface area contributed by atoms with Gasteiger partial charge >= 0.3 is 0 Å². The Bertz CT molecular complexity index is 229. The quantitative estimate of drug-likeness (QED) is 0.675. The summed E-state index contributed by atoms with van der Waals surface area (Å²) in [4.78, 5) is 11.1. The van der Waals surface area contributed by atoms with E-state index in [1.54, 1.807) is 14.2 Å². The van der Waals surface area contributed by atoms with Gasteiger partial charge in [-0.1, -0.05) is 13.3 Å². The van der Waals surface area contributed by atoms with Gasteiger partial charge in [0.05, 0.1) is 12.2 Å². The van der Waals surface area contributed by atoms with Gasteiger partial charge in [0.25, 0.3) is 0 Å². The zero-order chi connectivity index (χ0) is 12.9. The van der Waals surface area contributed by atoms with Crippen LogP contribution in [0.5, 0.6) is 0 Å². The highest BCUT2D eigenvalue weighted by atomic mass is 17.2. The van der Waals surface area contributed by atoms with Crippen molar-refractivity contribution < 1.29 is 19.2 Å². The molecule has 0 bridgehead atoms. The number of rotatable bonds is 6. The van der Waals surface area contributed by atoms with Crippen molar-refractivity contribution in [2.24, 2.45) is 5.92 Å². The van der Waals surface area contributed by atoms with E-state index in [1.165, 1.54) is 0 Å². The normalized spacial score (nSPS) is 32.6. The van der Waals surface area contributed by atoms with E-state index < -0.39 is 5.79 Å². The van der Waals surface area contributed by atoms with Gasteiger partial charge in [-0.05, 0) is 26.7 Å². The smallest absolute Gasteiger partial charge is 0.206 e. The summed E-state index contributed by atoms with van der Waals surface area (Å²) in [6.45, 7) is 6.83. The molecule has 0 aromatic heterocycles. The van der Waals surface area contributed by atoms with E-state index >= 15 is 0 Å². The third-order valence-electron chi connectivity index (χ3n) is 3.36. The fourth-order valence-electron chi connectivity index (χ4n) is 2.39. The summed E-state index contributed by atoms with van der Waals surface area (Å²) >= 11 is 0. The largest absolute Gasteiger partial charge is 0.384 e. The highest BCUT2D eigenvalue weighted by Gasteiger charge is 2.49. The van der Waals surface area contributed by atoms with Crippen molar-refractivity contribution in [1.29, 1.82) is 0 Å². The Morgan fingerprint density at radius 1 is 1.24 bits per heavy atom. The second-order valence-corrected chi connectivity index (χ2v) is 5.40. The van der Waals surface area contributed by atoms with Gasteiger partial charge in [-0.25, -0.2) is 9.78 Å². The van der Waals surface area contributed by atoms with Crippen LogP contribution < -0.4 is 0 Å². The van der Waals surface area contributed by atoms with E-state index in [0.717, 1.165) is 25.7 Å².